The fourth-order valence-electron chi connectivity index (χ4n) is 2.78. The molecular formula is C19H17Cl2FN2O2. The number of halogens is 3. The SMILES string of the molecule is CCN(CC1CC(c2ccc(Cl)c(Cl)c2)=NO1)C(=O)c1cccc(F)c1. The van der Waals surface area contributed by atoms with Gasteiger partial charge in [-0.05, 0) is 37.3 Å². The van der Waals surface area contributed by atoms with Crippen molar-refractivity contribution < 1.29 is 14.0 Å². The van der Waals surface area contributed by atoms with Crippen molar-refractivity contribution >= 4 is 34.8 Å². The van der Waals surface area contributed by atoms with Gasteiger partial charge in [0.25, 0.3) is 5.91 Å². The van der Waals surface area contributed by atoms with E-state index in [0.717, 1.165) is 11.3 Å². The summed E-state index contributed by atoms with van der Waals surface area (Å²) < 4.78 is 13.4. The number of nitrogens with zero attached hydrogens (tertiary/aromatic N) is 2. The Labute approximate surface area is 161 Å². The fraction of sp³-hybridized carbons (Fsp3) is 0.263. The van der Waals surface area contributed by atoms with E-state index in [9.17, 15) is 9.18 Å². The lowest BCUT2D eigenvalue weighted by Crippen LogP contribution is -2.37. The average molecular weight is 395 g/mol. The zero-order valence-corrected chi connectivity index (χ0v) is 15.6. The summed E-state index contributed by atoms with van der Waals surface area (Å²) in [5, 5.41) is 5.04. The zero-order valence-electron chi connectivity index (χ0n) is 14.1. The second kappa shape index (κ2) is 8.06. The molecule has 0 fully saturated rings. The quantitative estimate of drug-likeness (QED) is 0.731. The van der Waals surface area contributed by atoms with Crippen molar-refractivity contribution in [1.29, 1.82) is 0 Å². The van der Waals surface area contributed by atoms with Crippen LogP contribution in [0.5, 0.6) is 0 Å². The highest BCUT2D eigenvalue weighted by Gasteiger charge is 2.27. The number of likely N-dealkylation sites (N-methyl/N-ethyl adjacent to an activating group) is 1. The Morgan fingerprint density at radius 2 is 2.08 bits per heavy atom. The highest BCUT2D eigenvalue weighted by molar-refractivity contribution is 6.42. The minimum Gasteiger partial charge on any atom is -0.390 e. The lowest BCUT2D eigenvalue weighted by molar-refractivity contribution is 0.0435. The van der Waals surface area contributed by atoms with Gasteiger partial charge in [0.15, 0.2) is 6.10 Å². The van der Waals surface area contributed by atoms with E-state index in [-0.39, 0.29) is 12.0 Å². The third-order valence-electron chi connectivity index (χ3n) is 4.15. The van der Waals surface area contributed by atoms with E-state index in [1.54, 1.807) is 23.1 Å². The Bertz CT molecular complexity index is 857. The molecule has 3 rings (SSSR count). The Balaban J connectivity index is 1.65. The van der Waals surface area contributed by atoms with Crippen LogP contribution in [0.2, 0.25) is 10.0 Å². The van der Waals surface area contributed by atoms with E-state index in [2.05, 4.69) is 5.16 Å². The number of oxime groups is 1. The fourth-order valence-corrected chi connectivity index (χ4v) is 3.08. The second-order valence-electron chi connectivity index (χ2n) is 5.95. The lowest BCUT2D eigenvalue weighted by atomic mass is 10.0. The number of rotatable bonds is 5. The number of hydrogen-bond donors (Lipinski definition) is 0. The van der Waals surface area contributed by atoms with Crippen LogP contribution in [-0.4, -0.2) is 35.7 Å². The predicted octanol–water partition coefficient (Wildman–Crippen LogP) is 4.79. The maximum absolute atomic E-state index is 13.4. The van der Waals surface area contributed by atoms with Gasteiger partial charge < -0.3 is 9.74 Å². The summed E-state index contributed by atoms with van der Waals surface area (Å²) in [6.45, 7) is 2.71. The van der Waals surface area contributed by atoms with Gasteiger partial charge >= 0.3 is 0 Å². The molecule has 0 saturated carbocycles. The van der Waals surface area contributed by atoms with Gasteiger partial charge in [-0.15, -0.1) is 0 Å². The maximum Gasteiger partial charge on any atom is 0.254 e. The topological polar surface area (TPSA) is 41.9 Å². The molecule has 1 unspecified atom stereocenters. The van der Waals surface area contributed by atoms with E-state index in [4.69, 9.17) is 28.0 Å². The Hall–Kier alpha value is -2.11. The van der Waals surface area contributed by atoms with E-state index in [1.165, 1.54) is 18.2 Å². The molecule has 1 heterocycles. The molecular weight excluding hydrogens is 378 g/mol. The van der Waals surface area contributed by atoms with Crippen LogP contribution in [0.25, 0.3) is 0 Å². The zero-order chi connectivity index (χ0) is 18.7. The van der Waals surface area contributed by atoms with E-state index >= 15 is 0 Å². The third kappa shape index (κ3) is 4.17. The second-order valence-corrected chi connectivity index (χ2v) is 6.77. The maximum atomic E-state index is 13.4. The molecule has 2 aromatic carbocycles. The van der Waals surface area contributed by atoms with Crippen LogP contribution in [0.1, 0.15) is 29.3 Å². The highest BCUT2D eigenvalue weighted by Crippen LogP contribution is 2.26. The van der Waals surface area contributed by atoms with Crippen molar-refractivity contribution in [1.82, 2.24) is 4.90 Å². The molecule has 0 saturated heterocycles. The first-order valence-corrected chi connectivity index (χ1v) is 8.96. The van der Waals surface area contributed by atoms with Gasteiger partial charge in [-0.25, -0.2) is 4.39 Å². The molecule has 0 aliphatic carbocycles. The predicted molar refractivity (Wildman–Crippen MR) is 100 cm³/mol. The van der Waals surface area contributed by atoms with Crippen LogP contribution in [0.3, 0.4) is 0 Å². The first-order valence-electron chi connectivity index (χ1n) is 8.21. The van der Waals surface area contributed by atoms with Crippen molar-refractivity contribution in [3.05, 3.63) is 69.5 Å². The van der Waals surface area contributed by atoms with Crippen LogP contribution >= 0.6 is 23.2 Å². The first-order chi connectivity index (χ1) is 12.5. The van der Waals surface area contributed by atoms with E-state index in [1.807, 2.05) is 13.0 Å². The number of hydrogen-bond acceptors (Lipinski definition) is 3. The van der Waals surface area contributed by atoms with Crippen LogP contribution in [0, 0.1) is 5.82 Å². The average Bonchev–Trinajstić information content (AvgIpc) is 3.10. The smallest absolute Gasteiger partial charge is 0.254 e. The largest absolute Gasteiger partial charge is 0.390 e. The number of carbonyl (C=O) groups excluding carboxylic acids is 1. The Morgan fingerprint density at radius 1 is 1.27 bits per heavy atom. The monoisotopic (exact) mass is 394 g/mol. The van der Waals surface area contributed by atoms with Gasteiger partial charge in [-0.3, -0.25) is 4.79 Å². The molecule has 0 radical (unpaired) electrons. The molecule has 7 heteroatoms. The first kappa shape index (κ1) is 18.7. The molecule has 1 atom stereocenters. The lowest BCUT2D eigenvalue weighted by Gasteiger charge is -2.23. The van der Waals surface area contributed by atoms with Crippen LogP contribution in [0.4, 0.5) is 4.39 Å². The van der Waals surface area contributed by atoms with Crippen LogP contribution in [-0.2, 0) is 4.84 Å². The minimum atomic E-state index is -0.436. The normalized spacial score (nSPS) is 16.2. The molecule has 1 amide bonds. The summed E-state index contributed by atoms with van der Waals surface area (Å²) in [4.78, 5) is 19.7. The van der Waals surface area contributed by atoms with Gasteiger partial charge in [-0.2, -0.15) is 0 Å². The van der Waals surface area contributed by atoms with Crippen molar-refractivity contribution in [2.45, 2.75) is 19.4 Å². The van der Waals surface area contributed by atoms with Crippen molar-refractivity contribution in [3.63, 3.8) is 0 Å². The molecule has 4 nitrogen and oxygen atoms in total. The van der Waals surface area contributed by atoms with E-state index < -0.39 is 5.82 Å². The van der Waals surface area contributed by atoms with Gasteiger partial charge in [-0.1, -0.05) is 40.5 Å². The molecule has 0 spiro atoms. The summed E-state index contributed by atoms with van der Waals surface area (Å²) >= 11 is 12.0. The molecule has 1 aliphatic heterocycles. The van der Waals surface area contributed by atoms with Crippen LogP contribution in [0.15, 0.2) is 47.6 Å². The standard InChI is InChI=1S/C19H17Cl2FN2O2/c1-2-24(19(25)13-4-3-5-14(22)8-13)11-15-10-18(23-26-15)12-6-7-16(20)17(21)9-12/h3-9,15H,2,10-11H2,1H3. The highest BCUT2D eigenvalue weighted by atomic mass is 35.5. The number of benzene rings is 2. The molecule has 2 aromatic rings. The molecule has 136 valence electrons. The van der Waals surface area contributed by atoms with E-state index in [0.29, 0.717) is 35.1 Å². The summed E-state index contributed by atoms with van der Waals surface area (Å²) in [5.74, 6) is -0.673. The van der Waals surface area contributed by atoms with Crippen molar-refractivity contribution in [2.75, 3.05) is 13.1 Å². The van der Waals surface area contributed by atoms with Crippen molar-refractivity contribution in [3.8, 4) is 0 Å². The van der Waals surface area contributed by atoms with Gasteiger partial charge in [0.05, 0.1) is 22.3 Å². The number of carbonyl (C=O) groups is 1. The van der Waals surface area contributed by atoms with Crippen LogP contribution < -0.4 is 0 Å². The van der Waals surface area contributed by atoms with Gasteiger partial charge in [0.1, 0.15) is 5.82 Å². The minimum absolute atomic E-state index is 0.237. The van der Waals surface area contributed by atoms with Crippen molar-refractivity contribution in [2.24, 2.45) is 5.16 Å². The summed E-state index contributed by atoms with van der Waals surface area (Å²) in [6.07, 6.45) is 0.280. The van der Waals surface area contributed by atoms with Gasteiger partial charge in [0, 0.05) is 24.1 Å². The molecule has 0 bridgehead atoms. The summed E-state index contributed by atoms with van der Waals surface area (Å²) in [6, 6.07) is 10.9. The Morgan fingerprint density at radius 3 is 2.77 bits per heavy atom. The third-order valence-corrected chi connectivity index (χ3v) is 4.89. The Kier molecular flexibility index (Phi) is 5.79. The summed E-state index contributed by atoms with van der Waals surface area (Å²) in [7, 11) is 0. The number of amides is 1. The molecule has 0 N–H and O–H groups in total. The summed E-state index contributed by atoms with van der Waals surface area (Å²) in [5.41, 5.74) is 1.90. The molecule has 26 heavy (non-hydrogen) atoms. The molecule has 0 aromatic heterocycles. The molecule has 1 aliphatic rings. The van der Waals surface area contributed by atoms with Gasteiger partial charge in [0.2, 0.25) is 0 Å².